The van der Waals surface area contributed by atoms with Crippen LogP contribution in [0.15, 0.2) is 122 Å². The Labute approximate surface area is 278 Å². The summed E-state index contributed by atoms with van der Waals surface area (Å²) in [4.78, 5) is 63.0. The van der Waals surface area contributed by atoms with E-state index in [4.69, 9.17) is 0 Å². The third-order valence-corrected chi connectivity index (χ3v) is 8.07. The molecule has 0 aliphatic carbocycles. The summed E-state index contributed by atoms with van der Waals surface area (Å²) in [6.07, 6.45) is 18.0. The molecule has 48 heavy (non-hydrogen) atoms. The van der Waals surface area contributed by atoms with Gasteiger partial charge in [0.1, 0.15) is 12.1 Å². The molecule has 6 rings (SSSR count). The van der Waals surface area contributed by atoms with E-state index in [2.05, 4.69) is 20.6 Å². The Morgan fingerprint density at radius 3 is 1.42 bits per heavy atom. The zero-order valence-electron chi connectivity index (χ0n) is 26.1. The van der Waals surface area contributed by atoms with Crippen LogP contribution in [0.1, 0.15) is 22.3 Å². The molecule has 0 saturated heterocycles. The standard InChI is InChI=1S/C38H34N6O4/c45-35(23-29-5-1-19-39-25-29)43-21-3-7-33(43)37(47)41-31-15-11-27(12-16-31)9-10-28-13-17-32(18-14-28)42-38(48)34-8-4-22-44(34)36(46)24-30-6-2-20-40-26-30/h1-20,25-26,33-34H,21-24H2,(H,41,47)(H,42,48)/b10-9+/t33-,34-/m0/s1. The number of rotatable bonds is 10. The number of carbonyl (C=O) groups is 4. The van der Waals surface area contributed by atoms with Crippen LogP contribution in [0.3, 0.4) is 0 Å². The average Bonchev–Trinajstić information content (AvgIpc) is 3.81. The highest BCUT2D eigenvalue weighted by molar-refractivity contribution is 6.00. The van der Waals surface area contributed by atoms with Gasteiger partial charge in [-0.25, -0.2) is 0 Å². The number of hydrogen-bond donors (Lipinski definition) is 2. The van der Waals surface area contributed by atoms with Crippen LogP contribution in [0.2, 0.25) is 0 Å². The highest BCUT2D eigenvalue weighted by Crippen LogP contribution is 2.19. The molecule has 0 fully saturated rings. The molecule has 2 aromatic heterocycles. The molecule has 0 radical (unpaired) electrons. The second-order valence-electron chi connectivity index (χ2n) is 11.5. The SMILES string of the molecule is O=C(Nc1ccc(/C=C/c2ccc(NC(=O)[C@@H]3C=CCN3C(=O)Cc3cccnc3)cc2)cc1)[C@@H]1C=CCN1C(=O)Cc1cccnc1. The number of pyridine rings is 2. The lowest BCUT2D eigenvalue weighted by Crippen LogP contribution is -2.44. The minimum atomic E-state index is -0.671. The second kappa shape index (κ2) is 15.0. The summed E-state index contributed by atoms with van der Waals surface area (Å²) in [6.45, 7) is 0.776. The summed E-state index contributed by atoms with van der Waals surface area (Å²) >= 11 is 0. The minimum Gasteiger partial charge on any atom is -0.324 e. The predicted octanol–water partition coefficient (Wildman–Crippen LogP) is 4.54. The molecule has 2 N–H and O–H groups in total. The summed E-state index contributed by atoms with van der Waals surface area (Å²) < 4.78 is 0. The van der Waals surface area contributed by atoms with Crippen molar-refractivity contribution >= 4 is 47.2 Å². The molecule has 10 nitrogen and oxygen atoms in total. The number of hydrogen-bond acceptors (Lipinski definition) is 6. The van der Waals surface area contributed by atoms with Crippen LogP contribution in [0, 0.1) is 0 Å². The Balaban J connectivity index is 0.988. The van der Waals surface area contributed by atoms with Gasteiger partial charge in [0.05, 0.1) is 12.8 Å². The maximum atomic E-state index is 13.0. The molecule has 2 aliphatic heterocycles. The molecule has 2 atom stereocenters. The molecular weight excluding hydrogens is 604 g/mol. The first-order valence-electron chi connectivity index (χ1n) is 15.6. The molecule has 4 heterocycles. The summed E-state index contributed by atoms with van der Waals surface area (Å²) in [5.41, 5.74) is 4.73. The molecular formula is C38H34N6O4. The fraction of sp³-hybridized carbons (Fsp3) is 0.158. The number of nitrogens with one attached hydrogen (secondary N) is 2. The fourth-order valence-electron chi connectivity index (χ4n) is 5.55. The van der Waals surface area contributed by atoms with Crippen LogP contribution in [0.5, 0.6) is 0 Å². The maximum Gasteiger partial charge on any atom is 0.251 e. The summed E-state index contributed by atoms with van der Waals surface area (Å²) in [5.74, 6) is -0.810. The Bertz CT molecular complexity index is 1720. The molecule has 10 heteroatoms. The van der Waals surface area contributed by atoms with Gasteiger partial charge in [0.15, 0.2) is 0 Å². The van der Waals surface area contributed by atoms with E-state index in [1.165, 1.54) is 0 Å². The highest BCUT2D eigenvalue weighted by atomic mass is 16.2. The first kappa shape index (κ1) is 31.8. The average molecular weight is 639 g/mol. The van der Waals surface area contributed by atoms with E-state index in [0.717, 1.165) is 22.3 Å². The maximum absolute atomic E-state index is 13.0. The molecule has 0 spiro atoms. The lowest BCUT2D eigenvalue weighted by Gasteiger charge is -2.24. The Morgan fingerprint density at radius 1 is 0.625 bits per heavy atom. The third kappa shape index (κ3) is 7.97. The number of nitrogens with zero attached hydrogens (tertiary/aromatic N) is 4. The van der Waals surface area contributed by atoms with Gasteiger partial charge in [0.2, 0.25) is 11.8 Å². The van der Waals surface area contributed by atoms with Crippen molar-refractivity contribution < 1.29 is 19.2 Å². The van der Waals surface area contributed by atoms with Crippen LogP contribution in [-0.2, 0) is 32.0 Å². The molecule has 0 bridgehead atoms. The molecule has 0 saturated carbocycles. The fourth-order valence-corrected chi connectivity index (χ4v) is 5.55. The van der Waals surface area contributed by atoms with Gasteiger partial charge in [-0.15, -0.1) is 0 Å². The van der Waals surface area contributed by atoms with E-state index in [0.29, 0.717) is 24.5 Å². The summed E-state index contributed by atoms with van der Waals surface area (Å²) in [6, 6.07) is 20.8. The van der Waals surface area contributed by atoms with E-state index < -0.39 is 12.1 Å². The van der Waals surface area contributed by atoms with E-state index in [1.807, 2.05) is 85.0 Å². The highest BCUT2D eigenvalue weighted by Gasteiger charge is 2.31. The monoisotopic (exact) mass is 638 g/mol. The largest absolute Gasteiger partial charge is 0.324 e. The number of benzene rings is 2. The Kier molecular flexibility index (Phi) is 9.91. The topological polar surface area (TPSA) is 125 Å². The minimum absolute atomic E-state index is 0.134. The quantitative estimate of drug-likeness (QED) is 0.194. The van der Waals surface area contributed by atoms with Crippen molar-refractivity contribution in [1.29, 1.82) is 0 Å². The summed E-state index contributed by atoms with van der Waals surface area (Å²) in [5, 5.41) is 5.82. The Morgan fingerprint density at radius 2 is 1.04 bits per heavy atom. The van der Waals surface area contributed by atoms with Gasteiger partial charge in [-0.3, -0.25) is 29.1 Å². The number of amides is 4. The lowest BCUT2D eigenvalue weighted by atomic mass is 10.1. The third-order valence-electron chi connectivity index (χ3n) is 8.07. The normalized spacial score (nSPS) is 16.8. The molecule has 2 aliphatic rings. The van der Waals surface area contributed by atoms with Gasteiger partial charge in [-0.1, -0.05) is 72.9 Å². The first-order valence-corrected chi connectivity index (χ1v) is 15.6. The van der Waals surface area contributed by atoms with Gasteiger partial charge < -0.3 is 20.4 Å². The zero-order chi connectivity index (χ0) is 33.3. The summed E-state index contributed by atoms with van der Waals surface area (Å²) in [7, 11) is 0. The molecule has 4 aromatic rings. The molecule has 2 aromatic carbocycles. The molecule has 240 valence electrons. The number of anilines is 2. The van der Waals surface area contributed by atoms with Crippen molar-refractivity contribution in [3.05, 3.63) is 144 Å². The molecule has 4 amide bonds. The van der Waals surface area contributed by atoms with Crippen LogP contribution >= 0.6 is 0 Å². The van der Waals surface area contributed by atoms with E-state index in [-0.39, 0.29) is 36.5 Å². The van der Waals surface area contributed by atoms with Gasteiger partial charge in [0, 0.05) is 49.3 Å². The van der Waals surface area contributed by atoms with Gasteiger partial charge in [-0.05, 0) is 58.7 Å². The second-order valence-corrected chi connectivity index (χ2v) is 11.5. The number of carbonyl (C=O) groups excluding carboxylic acids is 4. The van der Waals surface area contributed by atoms with Crippen LogP contribution in [-0.4, -0.2) is 68.6 Å². The van der Waals surface area contributed by atoms with Gasteiger partial charge >= 0.3 is 0 Å². The van der Waals surface area contributed by atoms with Gasteiger partial charge in [0.25, 0.3) is 11.8 Å². The van der Waals surface area contributed by atoms with E-state index in [9.17, 15) is 19.2 Å². The van der Waals surface area contributed by atoms with E-state index >= 15 is 0 Å². The predicted molar refractivity (Wildman–Crippen MR) is 184 cm³/mol. The van der Waals surface area contributed by atoms with Crippen molar-refractivity contribution in [2.75, 3.05) is 23.7 Å². The number of aromatic nitrogens is 2. The molecule has 0 unspecified atom stereocenters. The lowest BCUT2D eigenvalue weighted by molar-refractivity contribution is -0.135. The van der Waals surface area contributed by atoms with Crippen molar-refractivity contribution in [2.45, 2.75) is 24.9 Å². The van der Waals surface area contributed by atoms with Crippen LogP contribution in [0.4, 0.5) is 11.4 Å². The van der Waals surface area contributed by atoms with Crippen molar-refractivity contribution in [3.8, 4) is 0 Å². The Hall–Kier alpha value is -6.16. The smallest absolute Gasteiger partial charge is 0.251 e. The first-order chi connectivity index (χ1) is 23.4. The van der Waals surface area contributed by atoms with Crippen molar-refractivity contribution in [3.63, 3.8) is 0 Å². The van der Waals surface area contributed by atoms with Crippen LogP contribution in [0.25, 0.3) is 12.2 Å². The van der Waals surface area contributed by atoms with Crippen molar-refractivity contribution in [2.24, 2.45) is 0 Å². The van der Waals surface area contributed by atoms with Crippen LogP contribution < -0.4 is 10.6 Å². The zero-order valence-corrected chi connectivity index (χ0v) is 26.1. The van der Waals surface area contributed by atoms with Gasteiger partial charge in [-0.2, -0.15) is 0 Å². The van der Waals surface area contributed by atoms with Crippen molar-refractivity contribution in [1.82, 2.24) is 19.8 Å². The van der Waals surface area contributed by atoms with E-state index in [1.54, 1.807) is 58.9 Å².